The van der Waals surface area contributed by atoms with Gasteiger partial charge in [-0.05, 0) is 110 Å². The lowest BCUT2D eigenvalue weighted by Gasteiger charge is -2.10. The van der Waals surface area contributed by atoms with Gasteiger partial charge in [0.15, 0.2) is 0 Å². The Morgan fingerprint density at radius 3 is 1.97 bits per heavy atom. The standard InChI is InChI=1S/C13H16.C10H16N2S.C2H6.CH3NO/c1-9-12-6-2-4-10(12)8-11-5-3-7-13(9)11;1-3-12-13-10-6-4-9(5-7-10)8-11-2;1-2;2-1-3/h8H,2-7H2,1H3;4-7,11-12H,3,8H2,1-2H3;1-2H3;1H,(H2,2,3). The zero-order chi connectivity index (χ0) is 23.1. The molecule has 0 radical (unpaired) electrons. The Balaban J connectivity index is 0.000000258. The average Bonchev–Trinajstić information content (AvgIpc) is 3.46. The van der Waals surface area contributed by atoms with E-state index in [2.05, 4.69) is 60.0 Å². The van der Waals surface area contributed by atoms with E-state index in [1.165, 1.54) is 49.0 Å². The highest BCUT2D eigenvalue weighted by molar-refractivity contribution is 7.97. The van der Waals surface area contributed by atoms with E-state index in [9.17, 15) is 0 Å². The van der Waals surface area contributed by atoms with Crippen molar-refractivity contribution in [3.05, 3.63) is 63.7 Å². The maximum absolute atomic E-state index is 8.58. The Kier molecular flexibility index (Phi) is 14.0. The first-order chi connectivity index (χ1) is 15.1. The van der Waals surface area contributed by atoms with Crippen LogP contribution in [-0.4, -0.2) is 20.0 Å². The van der Waals surface area contributed by atoms with Crippen molar-refractivity contribution in [3.8, 4) is 0 Å². The summed E-state index contributed by atoms with van der Waals surface area (Å²) >= 11 is 1.68. The zero-order valence-electron chi connectivity index (χ0n) is 20.0. The van der Waals surface area contributed by atoms with E-state index in [0.29, 0.717) is 0 Å². The van der Waals surface area contributed by atoms with Crippen LogP contribution in [0, 0.1) is 6.92 Å². The van der Waals surface area contributed by atoms with Gasteiger partial charge in [0.05, 0.1) is 0 Å². The minimum absolute atomic E-state index is 0.250. The normalized spacial score (nSPS) is 12.8. The molecule has 0 bridgehead atoms. The second-order valence-electron chi connectivity index (χ2n) is 7.39. The van der Waals surface area contributed by atoms with Gasteiger partial charge in [0.2, 0.25) is 6.41 Å². The summed E-state index contributed by atoms with van der Waals surface area (Å²) in [6, 6.07) is 11.1. The minimum atomic E-state index is 0.250. The molecule has 0 fully saturated rings. The molecule has 172 valence electrons. The molecule has 4 nitrogen and oxygen atoms in total. The molecular weight excluding hydrogens is 402 g/mol. The van der Waals surface area contributed by atoms with E-state index >= 15 is 0 Å². The molecule has 2 aromatic carbocycles. The average molecular weight is 444 g/mol. The van der Waals surface area contributed by atoms with E-state index in [-0.39, 0.29) is 6.41 Å². The number of carbonyl (C=O) groups is 1. The fourth-order valence-electron chi connectivity index (χ4n) is 4.14. The number of aryl methyl sites for hydroxylation is 2. The van der Waals surface area contributed by atoms with Crippen LogP contribution < -0.4 is 15.8 Å². The van der Waals surface area contributed by atoms with Gasteiger partial charge in [0, 0.05) is 18.0 Å². The number of rotatable bonds is 5. The van der Waals surface area contributed by atoms with Crippen molar-refractivity contribution in [2.75, 3.05) is 13.6 Å². The largest absolute Gasteiger partial charge is 0.372 e. The molecule has 0 heterocycles. The molecule has 31 heavy (non-hydrogen) atoms. The van der Waals surface area contributed by atoms with Gasteiger partial charge < -0.3 is 11.1 Å². The van der Waals surface area contributed by atoms with E-state index in [1.54, 1.807) is 39.8 Å². The van der Waals surface area contributed by atoms with E-state index in [4.69, 9.17) is 4.79 Å². The van der Waals surface area contributed by atoms with Gasteiger partial charge in [-0.3, -0.25) is 9.52 Å². The Labute approximate surface area is 193 Å². The molecule has 0 aromatic heterocycles. The molecule has 1 amide bonds. The van der Waals surface area contributed by atoms with Crippen LogP contribution in [0.4, 0.5) is 0 Å². The van der Waals surface area contributed by atoms with Crippen LogP contribution in [0.25, 0.3) is 0 Å². The van der Waals surface area contributed by atoms with Gasteiger partial charge >= 0.3 is 0 Å². The summed E-state index contributed by atoms with van der Waals surface area (Å²) in [7, 11) is 1.96. The molecular formula is C26H41N3OS. The lowest BCUT2D eigenvalue weighted by molar-refractivity contribution is -0.106. The number of hydrogen-bond acceptors (Lipinski definition) is 4. The topological polar surface area (TPSA) is 67.2 Å². The lowest BCUT2D eigenvalue weighted by atomic mass is 9.95. The summed E-state index contributed by atoms with van der Waals surface area (Å²) < 4.78 is 3.22. The number of fused-ring (bicyclic) bond motifs is 2. The summed E-state index contributed by atoms with van der Waals surface area (Å²) in [4.78, 5) is 9.85. The molecule has 2 aliphatic rings. The summed E-state index contributed by atoms with van der Waals surface area (Å²) in [5, 5.41) is 3.12. The van der Waals surface area contributed by atoms with Crippen LogP contribution >= 0.6 is 11.9 Å². The number of benzene rings is 2. The number of hydrogen-bond donors (Lipinski definition) is 3. The van der Waals surface area contributed by atoms with Crippen molar-refractivity contribution < 1.29 is 4.79 Å². The van der Waals surface area contributed by atoms with Crippen molar-refractivity contribution in [3.63, 3.8) is 0 Å². The van der Waals surface area contributed by atoms with Crippen LogP contribution in [0.5, 0.6) is 0 Å². The van der Waals surface area contributed by atoms with Gasteiger partial charge in [-0.15, -0.1) is 0 Å². The summed E-state index contributed by atoms with van der Waals surface area (Å²) in [6.07, 6.45) is 8.38. The molecule has 0 unspecified atom stereocenters. The van der Waals surface area contributed by atoms with Crippen molar-refractivity contribution >= 4 is 18.4 Å². The van der Waals surface area contributed by atoms with Crippen molar-refractivity contribution in [1.29, 1.82) is 0 Å². The number of nitrogens with two attached hydrogens (primary N) is 1. The maximum Gasteiger partial charge on any atom is 0.204 e. The van der Waals surface area contributed by atoms with Gasteiger partial charge in [-0.25, -0.2) is 0 Å². The third kappa shape index (κ3) is 8.68. The van der Waals surface area contributed by atoms with E-state index in [1.807, 2.05) is 20.9 Å². The van der Waals surface area contributed by atoms with Crippen LogP contribution in [0.3, 0.4) is 0 Å². The van der Waals surface area contributed by atoms with E-state index in [0.717, 1.165) is 13.1 Å². The highest BCUT2D eigenvalue weighted by Crippen LogP contribution is 2.34. The molecule has 0 atom stereocenters. The molecule has 0 saturated heterocycles. The fraction of sp³-hybridized carbons (Fsp3) is 0.500. The van der Waals surface area contributed by atoms with Crippen LogP contribution in [0.15, 0.2) is 35.2 Å². The predicted octanol–water partition coefficient (Wildman–Crippen LogP) is 5.12. The van der Waals surface area contributed by atoms with Gasteiger partial charge in [-0.2, -0.15) is 0 Å². The Bertz CT molecular complexity index is 743. The van der Waals surface area contributed by atoms with Gasteiger partial charge in [0.1, 0.15) is 0 Å². The van der Waals surface area contributed by atoms with E-state index < -0.39 is 0 Å². The highest BCUT2D eigenvalue weighted by Gasteiger charge is 2.21. The van der Waals surface area contributed by atoms with Crippen molar-refractivity contribution in [1.82, 2.24) is 10.0 Å². The van der Waals surface area contributed by atoms with Gasteiger partial charge in [0.25, 0.3) is 0 Å². The predicted molar refractivity (Wildman–Crippen MR) is 136 cm³/mol. The first-order valence-electron chi connectivity index (χ1n) is 11.6. The highest BCUT2D eigenvalue weighted by atomic mass is 32.2. The molecule has 4 N–H and O–H groups in total. The Morgan fingerprint density at radius 2 is 1.52 bits per heavy atom. The Hall–Kier alpha value is -1.82. The second kappa shape index (κ2) is 15.9. The molecule has 2 aliphatic carbocycles. The minimum Gasteiger partial charge on any atom is -0.372 e. The maximum atomic E-state index is 8.58. The van der Waals surface area contributed by atoms with Gasteiger partial charge in [-0.1, -0.05) is 39.0 Å². The quantitative estimate of drug-likeness (QED) is 0.443. The Morgan fingerprint density at radius 1 is 1.00 bits per heavy atom. The van der Waals surface area contributed by atoms with Crippen LogP contribution in [0.2, 0.25) is 0 Å². The third-order valence-corrected chi connectivity index (χ3v) is 6.35. The monoisotopic (exact) mass is 443 g/mol. The number of amides is 1. The fourth-order valence-corrected chi connectivity index (χ4v) is 4.72. The molecule has 0 aliphatic heterocycles. The van der Waals surface area contributed by atoms with Crippen LogP contribution in [-0.2, 0) is 37.0 Å². The molecule has 2 aromatic rings. The SMILES string of the molecule is CC.CCNSc1ccc(CNC)cc1.Cc1c2c(cc3c1CCC3)CCC2.NC=O. The first-order valence-corrected chi connectivity index (χ1v) is 12.4. The third-order valence-electron chi connectivity index (χ3n) is 5.41. The number of primary amides is 1. The summed E-state index contributed by atoms with van der Waals surface area (Å²) in [5.41, 5.74) is 13.9. The zero-order valence-corrected chi connectivity index (χ0v) is 20.8. The second-order valence-corrected chi connectivity index (χ2v) is 8.36. The molecule has 0 saturated carbocycles. The number of nitrogens with one attached hydrogen (secondary N) is 2. The molecule has 4 rings (SSSR count). The van der Waals surface area contributed by atoms with Crippen molar-refractivity contribution in [2.45, 2.75) is 77.7 Å². The number of carbonyl (C=O) groups excluding carboxylic acids is 1. The summed E-state index contributed by atoms with van der Waals surface area (Å²) in [6.45, 7) is 10.4. The lowest BCUT2D eigenvalue weighted by Crippen LogP contribution is -2.04. The smallest absolute Gasteiger partial charge is 0.204 e. The molecule has 0 spiro atoms. The molecule has 5 heteroatoms. The summed E-state index contributed by atoms with van der Waals surface area (Å²) in [5.74, 6) is 0. The van der Waals surface area contributed by atoms with Crippen molar-refractivity contribution in [2.24, 2.45) is 5.73 Å². The van der Waals surface area contributed by atoms with Crippen LogP contribution in [0.1, 0.15) is 67.0 Å². The first kappa shape index (κ1) is 27.2.